The Kier molecular flexibility index (Phi) is 9.92. The third-order valence-electron chi connectivity index (χ3n) is 7.56. The largest absolute Gasteiger partial charge is 0.457 e. The first-order valence-corrected chi connectivity index (χ1v) is 14.2. The second-order valence-electron chi connectivity index (χ2n) is 11.1. The normalized spacial score (nSPS) is 11.0. The Morgan fingerprint density at radius 1 is 0.714 bits per heavy atom. The molecule has 0 saturated carbocycles. The topological polar surface area (TPSA) is 84.5 Å². The first-order valence-electron chi connectivity index (χ1n) is 14.2. The van der Waals surface area contributed by atoms with Crippen molar-refractivity contribution in [1.29, 1.82) is 0 Å². The molecule has 216 valence electrons. The van der Waals surface area contributed by atoms with Crippen LogP contribution in [0.3, 0.4) is 0 Å². The third kappa shape index (κ3) is 7.72. The average Bonchev–Trinajstić information content (AvgIpc) is 3.01. The van der Waals surface area contributed by atoms with E-state index in [0.717, 1.165) is 28.7 Å². The zero-order valence-electron chi connectivity index (χ0n) is 24.7. The molecule has 0 spiro atoms. The van der Waals surface area contributed by atoms with Crippen molar-refractivity contribution in [3.05, 3.63) is 142 Å². The summed E-state index contributed by atoms with van der Waals surface area (Å²) in [6.45, 7) is 9.00. The van der Waals surface area contributed by atoms with Gasteiger partial charge in [-0.05, 0) is 59.7 Å². The lowest BCUT2D eigenvalue weighted by Crippen LogP contribution is -2.28. The fourth-order valence-electron chi connectivity index (χ4n) is 4.73. The highest BCUT2D eigenvalue weighted by Gasteiger charge is 2.24. The fraction of sp³-hybridized carbons (Fsp3) is 0.250. The van der Waals surface area contributed by atoms with Crippen molar-refractivity contribution in [2.24, 2.45) is 0 Å². The summed E-state index contributed by atoms with van der Waals surface area (Å²) >= 11 is 0. The number of amides is 2. The molecule has 0 heterocycles. The summed E-state index contributed by atoms with van der Waals surface area (Å²) in [6.07, 6.45) is 0.925. The molecule has 0 fully saturated rings. The van der Waals surface area contributed by atoms with Crippen LogP contribution < -0.4 is 10.6 Å². The van der Waals surface area contributed by atoms with E-state index in [4.69, 9.17) is 4.74 Å². The molecule has 42 heavy (non-hydrogen) atoms. The molecule has 2 N–H and O–H groups in total. The van der Waals surface area contributed by atoms with E-state index >= 15 is 0 Å². The highest BCUT2D eigenvalue weighted by Crippen LogP contribution is 2.29. The van der Waals surface area contributed by atoms with Crippen LogP contribution in [0.25, 0.3) is 0 Å². The SMILES string of the molecule is CCC(C)(C)c1ccccc1C(=O)NCc1cccc(CNC(=O)c2ccccc2COC(=O)c2cccc(C)c2)c1. The van der Waals surface area contributed by atoms with Crippen molar-refractivity contribution in [3.8, 4) is 0 Å². The molecule has 0 saturated heterocycles. The molecule has 4 aromatic carbocycles. The molecule has 6 heteroatoms. The highest BCUT2D eigenvalue weighted by atomic mass is 16.5. The summed E-state index contributed by atoms with van der Waals surface area (Å²) in [4.78, 5) is 38.7. The maximum Gasteiger partial charge on any atom is 0.338 e. The van der Waals surface area contributed by atoms with E-state index in [2.05, 4.69) is 31.4 Å². The van der Waals surface area contributed by atoms with Crippen LogP contribution >= 0.6 is 0 Å². The number of carbonyl (C=O) groups excluding carboxylic acids is 3. The Hall–Kier alpha value is -4.71. The van der Waals surface area contributed by atoms with Crippen LogP contribution in [0.2, 0.25) is 0 Å². The van der Waals surface area contributed by atoms with Crippen molar-refractivity contribution in [1.82, 2.24) is 10.6 Å². The predicted molar refractivity (Wildman–Crippen MR) is 165 cm³/mol. The number of aryl methyl sites for hydroxylation is 1. The lowest BCUT2D eigenvalue weighted by molar-refractivity contribution is 0.0470. The van der Waals surface area contributed by atoms with Gasteiger partial charge in [0.25, 0.3) is 11.8 Å². The molecule has 0 radical (unpaired) electrons. The second kappa shape index (κ2) is 13.8. The lowest BCUT2D eigenvalue weighted by atomic mass is 9.79. The highest BCUT2D eigenvalue weighted by molar-refractivity contribution is 5.96. The fourth-order valence-corrected chi connectivity index (χ4v) is 4.73. The van der Waals surface area contributed by atoms with Gasteiger partial charge in [-0.15, -0.1) is 0 Å². The quantitative estimate of drug-likeness (QED) is 0.195. The minimum absolute atomic E-state index is 0.00980. The van der Waals surface area contributed by atoms with Gasteiger partial charge in [-0.2, -0.15) is 0 Å². The van der Waals surface area contributed by atoms with Gasteiger partial charge >= 0.3 is 5.97 Å². The molecule has 2 amide bonds. The molecule has 0 bridgehead atoms. The average molecular weight is 563 g/mol. The molecule has 0 unspecified atom stereocenters. The molecule has 0 aromatic heterocycles. The van der Waals surface area contributed by atoms with Gasteiger partial charge in [-0.25, -0.2) is 4.79 Å². The summed E-state index contributed by atoms with van der Waals surface area (Å²) in [6, 6.07) is 29.8. The minimum atomic E-state index is -0.435. The zero-order chi connectivity index (χ0) is 30.1. The molecular weight excluding hydrogens is 524 g/mol. The van der Waals surface area contributed by atoms with Gasteiger partial charge in [-0.3, -0.25) is 9.59 Å². The van der Waals surface area contributed by atoms with Crippen LogP contribution in [-0.2, 0) is 29.8 Å². The van der Waals surface area contributed by atoms with Gasteiger partial charge in [0, 0.05) is 29.8 Å². The molecule has 0 atom stereocenters. The van der Waals surface area contributed by atoms with E-state index in [0.29, 0.717) is 35.3 Å². The summed E-state index contributed by atoms with van der Waals surface area (Å²) < 4.78 is 5.50. The van der Waals surface area contributed by atoms with E-state index in [9.17, 15) is 14.4 Å². The van der Waals surface area contributed by atoms with Crippen molar-refractivity contribution in [3.63, 3.8) is 0 Å². The third-order valence-corrected chi connectivity index (χ3v) is 7.56. The molecular formula is C36H38N2O4. The van der Waals surface area contributed by atoms with Gasteiger partial charge in [0.1, 0.15) is 6.61 Å². The maximum absolute atomic E-state index is 13.1. The number of carbonyl (C=O) groups is 3. The van der Waals surface area contributed by atoms with Crippen LogP contribution in [-0.4, -0.2) is 17.8 Å². The first kappa shape index (κ1) is 30.3. The van der Waals surface area contributed by atoms with Gasteiger partial charge in [0.15, 0.2) is 0 Å². The number of hydrogen-bond donors (Lipinski definition) is 2. The molecule has 0 aliphatic heterocycles. The lowest BCUT2D eigenvalue weighted by Gasteiger charge is -2.26. The Morgan fingerprint density at radius 2 is 1.31 bits per heavy atom. The van der Waals surface area contributed by atoms with Crippen molar-refractivity contribution >= 4 is 17.8 Å². The molecule has 0 aliphatic carbocycles. The summed E-state index contributed by atoms with van der Waals surface area (Å²) in [5.74, 6) is -0.799. The Balaban J connectivity index is 1.35. The van der Waals surface area contributed by atoms with Crippen LogP contribution in [0.15, 0.2) is 97.1 Å². The smallest absolute Gasteiger partial charge is 0.338 e. The molecule has 4 aromatic rings. The van der Waals surface area contributed by atoms with E-state index < -0.39 is 5.97 Å². The molecule has 4 rings (SSSR count). The number of rotatable bonds is 11. The molecule has 0 aliphatic rings. The van der Waals surface area contributed by atoms with Crippen LogP contribution in [0, 0.1) is 6.92 Å². The van der Waals surface area contributed by atoms with Crippen LogP contribution in [0.4, 0.5) is 0 Å². The summed E-state index contributed by atoms with van der Waals surface area (Å²) in [7, 11) is 0. The van der Waals surface area contributed by atoms with E-state index in [-0.39, 0.29) is 23.8 Å². The standard InChI is InChI=1S/C36H38N2O4/c1-5-36(3,4)32-19-9-8-18-31(32)34(40)38-23-27-14-11-13-26(21-27)22-37-33(39)30-17-7-6-15-29(30)24-42-35(41)28-16-10-12-25(2)20-28/h6-21H,5,22-24H2,1-4H3,(H,37,39)(H,38,40). The number of benzene rings is 4. The van der Waals surface area contributed by atoms with Gasteiger partial charge < -0.3 is 15.4 Å². The Labute approximate surface area is 248 Å². The molecule has 6 nitrogen and oxygen atoms in total. The van der Waals surface area contributed by atoms with Gasteiger partial charge in [0.2, 0.25) is 0 Å². The monoisotopic (exact) mass is 562 g/mol. The van der Waals surface area contributed by atoms with Gasteiger partial charge in [0.05, 0.1) is 5.56 Å². The van der Waals surface area contributed by atoms with Crippen molar-refractivity contribution < 1.29 is 19.1 Å². The van der Waals surface area contributed by atoms with Gasteiger partial charge in [-0.1, -0.05) is 99.1 Å². The van der Waals surface area contributed by atoms with Crippen LogP contribution in [0.5, 0.6) is 0 Å². The number of esters is 1. The number of hydrogen-bond acceptors (Lipinski definition) is 4. The van der Waals surface area contributed by atoms with Crippen molar-refractivity contribution in [2.45, 2.75) is 59.2 Å². The first-order chi connectivity index (χ1) is 20.2. The van der Waals surface area contributed by atoms with E-state index in [1.54, 1.807) is 30.3 Å². The maximum atomic E-state index is 13.1. The Morgan fingerprint density at radius 3 is 1.98 bits per heavy atom. The van der Waals surface area contributed by atoms with E-state index in [1.165, 1.54) is 0 Å². The Bertz CT molecular complexity index is 1570. The summed E-state index contributed by atoms with van der Waals surface area (Å²) in [5, 5.41) is 6.01. The predicted octanol–water partition coefficient (Wildman–Crippen LogP) is 6.90. The summed E-state index contributed by atoms with van der Waals surface area (Å²) in [5.41, 5.74) is 5.98. The second-order valence-corrected chi connectivity index (χ2v) is 11.1. The zero-order valence-corrected chi connectivity index (χ0v) is 24.7. The van der Waals surface area contributed by atoms with E-state index in [1.807, 2.05) is 73.7 Å². The minimum Gasteiger partial charge on any atom is -0.457 e. The van der Waals surface area contributed by atoms with Crippen LogP contribution in [0.1, 0.15) is 86.1 Å². The van der Waals surface area contributed by atoms with Crippen molar-refractivity contribution in [2.75, 3.05) is 0 Å². The number of ether oxygens (including phenoxy) is 1. The number of nitrogens with one attached hydrogen (secondary N) is 2.